The van der Waals surface area contributed by atoms with E-state index in [4.69, 9.17) is 5.11 Å². The summed E-state index contributed by atoms with van der Waals surface area (Å²) in [4.78, 5) is 11.5. The van der Waals surface area contributed by atoms with Gasteiger partial charge < -0.3 is 21.1 Å². The first-order valence-corrected chi connectivity index (χ1v) is 9.30. The number of nitrogens with one attached hydrogen (secondary N) is 3. The van der Waals surface area contributed by atoms with E-state index < -0.39 is 11.7 Å². The molecule has 0 saturated carbocycles. The highest BCUT2D eigenvalue weighted by atomic mass is 19.4. The van der Waals surface area contributed by atoms with Gasteiger partial charge in [-0.1, -0.05) is 13.8 Å². The molecule has 1 heterocycles. The van der Waals surface area contributed by atoms with Gasteiger partial charge in [0.05, 0.1) is 12.2 Å². The fourth-order valence-corrected chi connectivity index (χ4v) is 3.40. The lowest BCUT2D eigenvalue weighted by Gasteiger charge is -2.33. The Morgan fingerprint density at radius 1 is 1.37 bits per heavy atom. The first-order chi connectivity index (χ1) is 12.7. The van der Waals surface area contributed by atoms with Gasteiger partial charge in [-0.15, -0.1) is 0 Å². The van der Waals surface area contributed by atoms with E-state index in [9.17, 15) is 18.0 Å². The fraction of sp³-hybridized carbons (Fsp3) is 0.632. The van der Waals surface area contributed by atoms with E-state index in [1.54, 1.807) is 0 Å². The Morgan fingerprint density at radius 3 is 2.78 bits per heavy atom. The summed E-state index contributed by atoms with van der Waals surface area (Å²) in [6, 6.07) is 3.59. The van der Waals surface area contributed by atoms with Gasteiger partial charge in [-0.25, -0.2) is 4.79 Å². The van der Waals surface area contributed by atoms with E-state index in [1.165, 1.54) is 12.1 Å². The van der Waals surface area contributed by atoms with Crippen LogP contribution in [-0.2, 0) is 6.18 Å². The molecule has 0 aliphatic carbocycles. The molecule has 2 rings (SSSR count). The second kappa shape index (κ2) is 9.30. The van der Waals surface area contributed by atoms with Gasteiger partial charge in [0.2, 0.25) is 0 Å². The number of hydrogen-bond donors (Lipinski definition) is 4. The van der Waals surface area contributed by atoms with Gasteiger partial charge in [0.15, 0.2) is 0 Å². The number of aliphatic hydroxyl groups is 1. The Hall–Kier alpha value is -1.96. The van der Waals surface area contributed by atoms with Crippen molar-refractivity contribution in [1.29, 1.82) is 0 Å². The number of aliphatic hydroxyl groups excluding tert-OH is 1. The molecule has 152 valence electrons. The molecule has 3 unspecified atom stereocenters. The third-order valence-corrected chi connectivity index (χ3v) is 5.17. The summed E-state index contributed by atoms with van der Waals surface area (Å²) in [7, 11) is 0. The Labute approximate surface area is 157 Å². The molecule has 8 heteroatoms. The third kappa shape index (κ3) is 6.02. The summed E-state index contributed by atoms with van der Waals surface area (Å²) >= 11 is 0. The molecule has 27 heavy (non-hydrogen) atoms. The number of halogens is 3. The second-order valence-corrected chi connectivity index (χ2v) is 7.27. The lowest BCUT2D eigenvalue weighted by Crippen LogP contribution is -2.39. The highest BCUT2D eigenvalue weighted by Crippen LogP contribution is 2.40. The number of fused-ring (bicyclic) bond motifs is 1. The Balaban J connectivity index is 1.87. The van der Waals surface area contributed by atoms with Gasteiger partial charge in [0.25, 0.3) is 0 Å². The van der Waals surface area contributed by atoms with E-state index in [1.807, 2.05) is 13.8 Å². The van der Waals surface area contributed by atoms with E-state index in [0.29, 0.717) is 6.54 Å². The molecule has 1 aromatic rings. The van der Waals surface area contributed by atoms with Gasteiger partial charge in [-0.05, 0) is 54.4 Å². The lowest BCUT2D eigenvalue weighted by molar-refractivity contribution is -0.137. The molecule has 5 nitrogen and oxygen atoms in total. The number of anilines is 1. The molecule has 3 atom stereocenters. The van der Waals surface area contributed by atoms with E-state index in [2.05, 4.69) is 16.0 Å². The molecule has 0 fully saturated rings. The number of alkyl halides is 3. The van der Waals surface area contributed by atoms with Crippen molar-refractivity contribution < 1.29 is 23.1 Å². The maximum atomic E-state index is 13.0. The number of hydrogen-bond acceptors (Lipinski definition) is 3. The average Bonchev–Trinajstić information content (AvgIpc) is 2.63. The van der Waals surface area contributed by atoms with Crippen LogP contribution in [0.5, 0.6) is 0 Å². The van der Waals surface area contributed by atoms with Crippen molar-refractivity contribution in [1.82, 2.24) is 10.6 Å². The molecule has 0 spiro atoms. The van der Waals surface area contributed by atoms with Crippen LogP contribution in [0.1, 0.15) is 43.7 Å². The molecule has 0 saturated heterocycles. The van der Waals surface area contributed by atoms with Crippen LogP contribution < -0.4 is 16.0 Å². The molecule has 0 bridgehead atoms. The van der Waals surface area contributed by atoms with Crippen molar-refractivity contribution in [3.05, 3.63) is 29.3 Å². The number of rotatable bonds is 7. The van der Waals surface area contributed by atoms with Gasteiger partial charge >= 0.3 is 12.2 Å². The minimum absolute atomic E-state index is 0.0385. The Bertz CT molecular complexity index is 637. The first kappa shape index (κ1) is 21.3. The molecule has 4 N–H and O–H groups in total. The van der Waals surface area contributed by atoms with Gasteiger partial charge in [-0.2, -0.15) is 13.2 Å². The maximum absolute atomic E-state index is 13.0. The van der Waals surface area contributed by atoms with Gasteiger partial charge in [0.1, 0.15) is 0 Å². The minimum Gasteiger partial charge on any atom is -0.395 e. The van der Waals surface area contributed by atoms with Crippen LogP contribution >= 0.6 is 0 Å². The van der Waals surface area contributed by atoms with E-state index in [0.717, 1.165) is 36.7 Å². The van der Waals surface area contributed by atoms with Crippen LogP contribution in [0.2, 0.25) is 0 Å². The van der Waals surface area contributed by atoms with Crippen molar-refractivity contribution >= 4 is 11.7 Å². The lowest BCUT2D eigenvalue weighted by atomic mass is 9.79. The SMILES string of the molecule is CC(CCC1CNc2ccc(C(F)(F)F)cc2C1C)CNC(=O)NCCO. The van der Waals surface area contributed by atoms with Crippen LogP contribution in [0, 0.1) is 11.8 Å². The number of benzene rings is 1. The maximum Gasteiger partial charge on any atom is 0.416 e. The topological polar surface area (TPSA) is 73.4 Å². The standard InChI is InChI=1S/C19H28F3N3O2/c1-12(10-25-18(27)23-7-8-26)3-4-14-11-24-17-6-5-15(19(20,21)22)9-16(17)13(14)2/h5-6,9,12-14,24,26H,3-4,7-8,10-11H2,1-2H3,(H2,23,25,27). The molecule has 1 aliphatic heterocycles. The summed E-state index contributed by atoms with van der Waals surface area (Å²) in [6.45, 7) is 5.37. The normalized spacial score (nSPS) is 20.4. The molecule has 2 amide bonds. The van der Waals surface area contributed by atoms with Crippen LogP contribution in [0.3, 0.4) is 0 Å². The number of carbonyl (C=O) groups is 1. The van der Waals surface area contributed by atoms with Crippen LogP contribution in [0.25, 0.3) is 0 Å². The van der Waals surface area contributed by atoms with Gasteiger partial charge in [-0.3, -0.25) is 0 Å². The molecule has 1 aliphatic rings. The van der Waals surface area contributed by atoms with Crippen LogP contribution in [0.4, 0.5) is 23.7 Å². The summed E-state index contributed by atoms with van der Waals surface area (Å²) < 4.78 is 39.0. The largest absolute Gasteiger partial charge is 0.416 e. The molecule has 0 aromatic heterocycles. The highest BCUT2D eigenvalue weighted by molar-refractivity contribution is 5.73. The van der Waals surface area contributed by atoms with Crippen molar-refractivity contribution in [2.45, 2.75) is 38.8 Å². The van der Waals surface area contributed by atoms with Crippen LogP contribution in [0.15, 0.2) is 18.2 Å². The van der Waals surface area contributed by atoms with Crippen LogP contribution in [-0.4, -0.2) is 37.4 Å². The number of carbonyl (C=O) groups excluding carboxylic acids is 1. The second-order valence-electron chi connectivity index (χ2n) is 7.27. The smallest absolute Gasteiger partial charge is 0.395 e. The highest BCUT2D eigenvalue weighted by Gasteiger charge is 2.33. The van der Waals surface area contributed by atoms with Crippen molar-refractivity contribution in [2.24, 2.45) is 11.8 Å². The molecule has 1 aromatic carbocycles. The number of urea groups is 1. The van der Waals surface area contributed by atoms with Crippen molar-refractivity contribution in [3.63, 3.8) is 0 Å². The average molecular weight is 387 g/mol. The summed E-state index contributed by atoms with van der Waals surface area (Å²) in [5.74, 6) is 0.531. The summed E-state index contributed by atoms with van der Waals surface area (Å²) in [5.41, 5.74) is 0.888. The van der Waals surface area contributed by atoms with Gasteiger partial charge in [0, 0.05) is 25.3 Å². The molecular weight excluding hydrogens is 359 g/mol. The minimum atomic E-state index is -4.33. The Morgan fingerprint density at radius 2 is 2.11 bits per heavy atom. The molecular formula is C19H28F3N3O2. The summed E-state index contributed by atoms with van der Waals surface area (Å²) in [5, 5.41) is 17.2. The predicted molar refractivity (Wildman–Crippen MR) is 98.7 cm³/mol. The zero-order valence-electron chi connectivity index (χ0n) is 15.7. The predicted octanol–water partition coefficient (Wildman–Crippen LogP) is 3.56. The monoisotopic (exact) mass is 387 g/mol. The fourth-order valence-electron chi connectivity index (χ4n) is 3.40. The van der Waals surface area contributed by atoms with Crippen molar-refractivity contribution in [3.8, 4) is 0 Å². The van der Waals surface area contributed by atoms with E-state index >= 15 is 0 Å². The van der Waals surface area contributed by atoms with Crippen molar-refractivity contribution in [2.75, 3.05) is 31.6 Å². The number of amides is 2. The zero-order valence-corrected chi connectivity index (χ0v) is 15.7. The summed E-state index contributed by atoms with van der Waals surface area (Å²) in [6.07, 6.45) is -2.60. The molecule has 0 radical (unpaired) electrons. The quantitative estimate of drug-likeness (QED) is 0.578. The van der Waals surface area contributed by atoms with E-state index in [-0.39, 0.29) is 36.9 Å². The zero-order chi connectivity index (χ0) is 20.0. The third-order valence-electron chi connectivity index (χ3n) is 5.17. The Kier molecular flexibility index (Phi) is 7.35. The first-order valence-electron chi connectivity index (χ1n) is 9.30.